The van der Waals surface area contributed by atoms with Crippen molar-refractivity contribution in [1.29, 1.82) is 0 Å². The van der Waals surface area contributed by atoms with Gasteiger partial charge in [0.25, 0.3) is 5.89 Å². The van der Waals surface area contributed by atoms with E-state index in [0.717, 1.165) is 31.4 Å². The number of aromatic nitrogens is 3. The summed E-state index contributed by atoms with van der Waals surface area (Å²) in [7, 11) is -2.42. The highest BCUT2D eigenvalue weighted by Crippen LogP contribution is 2.28. The van der Waals surface area contributed by atoms with Gasteiger partial charge in [-0.25, -0.2) is 4.31 Å². The molecule has 2 heterocycles. The second-order valence-corrected chi connectivity index (χ2v) is 10.1. The first-order chi connectivity index (χ1) is 12.3. The predicted molar refractivity (Wildman–Crippen MR) is 96.3 cm³/mol. The van der Waals surface area contributed by atoms with Crippen molar-refractivity contribution >= 4 is 10.1 Å². The maximum Gasteiger partial charge on any atom is 0.314 e. The molecule has 1 saturated carbocycles. The lowest BCUT2D eigenvalue weighted by Crippen LogP contribution is -2.43. The van der Waals surface area contributed by atoms with Crippen molar-refractivity contribution in [2.75, 3.05) is 12.5 Å². The fraction of sp³-hybridized carbons (Fsp3) is 0.588. The van der Waals surface area contributed by atoms with Gasteiger partial charge in [-0.1, -0.05) is 29.4 Å². The Hall–Kier alpha value is -1.74. The summed E-state index contributed by atoms with van der Waals surface area (Å²) < 4.78 is 44.9. The fourth-order valence-corrected chi connectivity index (χ4v) is 4.82. The zero-order valence-electron chi connectivity index (χ0n) is 14.9. The van der Waals surface area contributed by atoms with Gasteiger partial charge in [-0.05, 0) is 25.0 Å². The molecule has 144 valence electrons. The molecule has 6 nitrogen and oxygen atoms in total. The third-order valence-corrected chi connectivity index (χ3v) is 6.34. The largest absolute Gasteiger partial charge is 0.415 e. The molecule has 0 saturated heterocycles. The number of thiol groups is 1. The van der Waals surface area contributed by atoms with Crippen LogP contribution in [0.4, 0.5) is 8.78 Å². The average molecular weight is 386 g/mol. The van der Waals surface area contributed by atoms with E-state index in [2.05, 4.69) is 19.5 Å². The Balaban J connectivity index is 1.75. The minimum absolute atomic E-state index is 0.0140. The molecule has 0 aromatic carbocycles. The maximum atomic E-state index is 12.8. The van der Waals surface area contributed by atoms with E-state index in [1.165, 1.54) is 12.6 Å². The summed E-state index contributed by atoms with van der Waals surface area (Å²) >= 11 is 0. The van der Waals surface area contributed by atoms with Gasteiger partial charge in [0, 0.05) is 24.8 Å². The van der Waals surface area contributed by atoms with Gasteiger partial charge >= 0.3 is 6.43 Å². The van der Waals surface area contributed by atoms with Gasteiger partial charge < -0.3 is 4.42 Å². The number of pyridine rings is 1. The van der Waals surface area contributed by atoms with E-state index < -0.39 is 22.4 Å². The van der Waals surface area contributed by atoms with Crippen molar-refractivity contribution < 1.29 is 17.4 Å². The lowest BCUT2D eigenvalue weighted by molar-refractivity contribution is 0.116. The van der Waals surface area contributed by atoms with Gasteiger partial charge in [0.1, 0.15) is 0 Å². The van der Waals surface area contributed by atoms with E-state index in [-0.39, 0.29) is 5.89 Å². The van der Waals surface area contributed by atoms with Crippen molar-refractivity contribution in [2.45, 2.75) is 51.1 Å². The minimum Gasteiger partial charge on any atom is -0.415 e. The Morgan fingerprint density at radius 2 is 1.96 bits per heavy atom. The van der Waals surface area contributed by atoms with Crippen LogP contribution in [0.25, 0.3) is 11.5 Å². The van der Waals surface area contributed by atoms with Crippen molar-refractivity contribution in [3.05, 3.63) is 29.9 Å². The number of nitrogens with zero attached hydrogens (tertiary/aromatic N) is 4. The highest BCUT2D eigenvalue weighted by atomic mass is 32.3. The van der Waals surface area contributed by atoms with Crippen LogP contribution in [-0.4, -0.2) is 42.2 Å². The van der Waals surface area contributed by atoms with Crippen LogP contribution in [0.15, 0.2) is 22.7 Å². The van der Waals surface area contributed by atoms with Crippen LogP contribution in [0.5, 0.6) is 0 Å². The molecule has 26 heavy (non-hydrogen) atoms. The molecule has 1 aliphatic carbocycles. The van der Waals surface area contributed by atoms with E-state index in [4.69, 9.17) is 4.42 Å². The van der Waals surface area contributed by atoms with Gasteiger partial charge in [-0.2, -0.15) is 8.78 Å². The number of hydrogen-bond donors (Lipinski definition) is 1. The predicted octanol–water partition coefficient (Wildman–Crippen LogP) is 3.40. The minimum atomic E-state index is -2.80. The first-order valence-electron chi connectivity index (χ1n) is 8.73. The Labute approximate surface area is 152 Å². The van der Waals surface area contributed by atoms with E-state index >= 15 is 0 Å². The highest BCUT2D eigenvalue weighted by molar-refractivity contribution is 7.99. The van der Waals surface area contributed by atoms with Gasteiger partial charge in [0.2, 0.25) is 5.89 Å². The molecule has 0 N–H and O–H groups in total. The SMILES string of the molecule is C[SH](C)(=O)N(Cc1ccc(-c2nnc(C(F)F)o2)cn1)C1CCCCC1. The molecule has 9 heteroatoms. The molecule has 0 unspecified atom stereocenters. The molecule has 0 bridgehead atoms. The molecule has 1 fully saturated rings. The molecule has 0 spiro atoms. The molecule has 0 aliphatic heterocycles. The zero-order valence-corrected chi connectivity index (χ0v) is 15.8. The normalized spacial score (nSPS) is 17.2. The number of hydrogen-bond acceptors (Lipinski definition) is 5. The first kappa shape index (κ1) is 19.0. The molecule has 0 atom stereocenters. The first-order valence-corrected chi connectivity index (χ1v) is 11.3. The number of halogens is 2. The monoisotopic (exact) mass is 386 g/mol. The maximum absolute atomic E-state index is 12.8. The van der Waals surface area contributed by atoms with Gasteiger partial charge in [-0.3, -0.25) is 9.19 Å². The van der Waals surface area contributed by atoms with Crippen LogP contribution in [0, 0.1) is 0 Å². The number of alkyl halides is 2. The molecular weight excluding hydrogens is 362 g/mol. The van der Waals surface area contributed by atoms with Crippen LogP contribution in [-0.2, 0) is 16.7 Å². The van der Waals surface area contributed by atoms with Crippen molar-refractivity contribution in [3.8, 4) is 11.5 Å². The van der Waals surface area contributed by atoms with Crippen molar-refractivity contribution in [1.82, 2.24) is 19.5 Å². The Kier molecular flexibility index (Phi) is 5.76. The van der Waals surface area contributed by atoms with Gasteiger partial charge in [0.05, 0.1) is 17.8 Å². The van der Waals surface area contributed by atoms with Crippen molar-refractivity contribution in [3.63, 3.8) is 0 Å². The Morgan fingerprint density at radius 3 is 2.50 bits per heavy atom. The Morgan fingerprint density at radius 1 is 1.23 bits per heavy atom. The van der Waals surface area contributed by atoms with Crippen LogP contribution in [0.3, 0.4) is 0 Å². The molecule has 1 aliphatic rings. The second-order valence-electron chi connectivity index (χ2n) is 6.97. The van der Waals surface area contributed by atoms with E-state index in [1.807, 2.05) is 0 Å². The zero-order chi connectivity index (χ0) is 18.7. The second kappa shape index (κ2) is 7.87. The molecule has 0 radical (unpaired) electrons. The van der Waals surface area contributed by atoms with Crippen molar-refractivity contribution in [2.24, 2.45) is 0 Å². The topological polar surface area (TPSA) is 72.1 Å². The standard InChI is InChI=1S/C17H24F2N4O2S/c1-26(2,24)23(14-6-4-3-5-7-14)11-13-9-8-12(10-20-13)16-21-22-17(25-16)15(18)19/h8-10,14-15,26H,3-7,11H2,1-2H3. The molecule has 2 aromatic heterocycles. The van der Waals surface area contributed by atoms with E-state index in [0.29, 0.717) is 18.2 Å². The quantitative estimate of drug-likeness (QED) is 0.771. The molecule has 3 rings (SSSR count). The summed E-state index contributed by atoms with van der Waals surface area (Å²) in [4.78, 5) is 4.38. The lowest BCUT2D eigenvalue weighted by Gasteiger charge is -2.39. The summed E-state index contributed by atoms with van der Waals surface area (Å²) in [5, 5.41) is 6.94. The van der Waals surface area contributed by atoms with Gasteiger partial charge in [-0.15, -0.1) is 10.2 Å². The summed E-state index contributed by atoms with van der Waals surface area (Å²) in [5.41, 5.74) is 1.25. The third-order valence-electron chi connectivity index (χ3n) is 4.64. The average Bonchev–Trinajstić information content (AvgIpc) is 3.10. The summed E-state index contributed by atoms with van der Waals surface area (Å²) in [6.45, 7) is 0.501. The van der Waals surface area contributed by atoms with Crippen LogP contribution >= 0.6 is 0 Å². The molecule has 2 aromatic rings. The van der Waals surface area contributed by atoms with Gasteiger partial charge in [0.15, 0.2) is 0 Å². The Bertz CT molecular complexity index is 769. The van der Waals surface area contributed by atoms with E-state index in [9.17, 15) is 13.0 Å². The van der Waals surface area contributed by atoms with E-state index in [1.54, 1.807) is 24.6 Å². The molecule has 0 amide bonds. The van der Waals surface area contributed by atoms with Crippen LogP contribution < -0.4 is 0 Å². The lowest BCUT2D eigenvalue weighted by atomic mass is 9.95. The summed E-state index contributed by atoms with van der Waals surface area (Å²) in [6, 6.07) is 3.81. The highest BCUT2D eigenvalue weighted by Gasteiger charge is 2.27. The summed E-state index contributed by atoms with van der Waals surface area (Å²) in [6.07, 6.45) is 7.99. The summed E-state index contributed by atoms with van der Waals surface area (Å²) in [5.74, 6) is -0.689. The fourth-order valence-electron chi connectivity index (χ4n) is 3.32. The molecular formula is C17H24F2N4O2S. The smallest absolute Gasteiger partial charge is 0.314 e. The number of rotatable bonds is 6. The van der Waals surface area contributed by atoms with Crippen LogP contribution in [0.2, 0.25) is 0 Å². The third kappa shape index (κ3) is 4.50. The van der Waals surface area contributed by atoms with Crippen LogP contribution in [0.1, 0.15) is 50.1 Å².